The van der Waals surface area contributed by atoms with Gasteiger partial charge in [0.15, 0.2) is 0 Å². The summed E-state index contributed by atoms with van der Waals surface area (Å²) in [5.74, 6) is -0.968. The maximum absolute atomic E-state index is 11.8. The van der Waals surface area contributed by atoms with Crippen molar-refractivity contribution in [2.45, 2.75) is 6.92 Å². The van der Waals surface area contributed by atoms with E-state index in [1.165, 1.54) is 0 Å². The lowest BCUT2D eigenvalue weighted by Crippen LogP contribution is -2.21. The van der Waals surface area contributed by atoms with Crippen molar-refractivity contribution < 1.29 is 19.1 Å². The molecule has 0 atom stereocenters. The molecule has 20 heavy (non-hydrogen) atoms. The SMILES string of the molecule is CCOC(=O)c1cc(N)ccc1NCCOCC(N)=O. The highest BCUT2D eigenvalue weighted by molar-refractivity contribution is 5.96. The summed E-state index contributed by atoms with van der Waals surface area (Å²) in [4.78, 5) is 22.3. The number of carbonyl (C=O) groups is 2. The molecule has 0 unspecified atom stereocenters. The molecule has 1 aromatic rings. The zero-order valence-corrected chi connectivity index (χ0v) is 11.3. The average molecular weight is 281 g/mol. The van der Waals surface area contributed by atoms with Gasteiger partial charge in [0.1, 0.15) is 6.61 Å². The summed E-state index contributed by atoms with van der Waals surface area (Å²) in [6, 6.07) is 4.91. The lowest BCUT2D eigenvalue weighted by Gasteiger charge is -2.12. The zero-order valence-electron chi connectivity index (χ0n) is 11.3. The van der Waals surface area contributed by atoms with Gasteiger partial charge in [-0.3, -0.25) is 4.79 Å². The number of carbonyl (C=O) groups excluding carboxylic acids is 2. The lowest BCUT2D eigenvalue weighted by molar-refractivity contribution is -0.122. The highest BCUT2D eigenvalue weighted by Gasteiger charge is 2.12. The molecule has 0 saturated carbocycles. The Morgan fingerprint density at radius 2 is 2.10 bits per heavy atom. The summed E-state index contributed by atoms with van der Waals surface area (Å²) in [6.07, 6.45) is 0. The van der Waals surface area contributed by atoms with E-state index in [-0.39, 0.29) is 19.8 Å². The number of hydrogen-bond acceptors (Lipinski definition) is 6. The van der Waals surface area contributed by atoms with Gasteiger partial charge in [0.2, 0.25) is 5.91 Å². The molecule has 1 rings (SSSR count). The Bertz CT molecular complexity index is 477. The van der Waals surface area contributed by atoms with Gasteiger partial charge in [-0.15, -0.1) is 0 Å². The van der Waals surface area contributed by atoms with Gasteiger partial charge in [-0.25, -0.2) is 4.79 Å². The Labute approximate surface area is 117 Å². The fourth-order valence-corrected chi connectivity index (χ4v) is 1.52. The summed E-state index contributed by atoms with van der Waals surface area (Å²) < 4.78 is 9.97. The number of amides is 1. The molecular weight excluding hydrogens is 262 g/mol. The molecular formula is C13H19N3O4. The predicted octanol–water partition coefficient (Wildman–Crippen LogP) is 0.359. The fourth-order valence-electron chi connectivity index (χ4n) is 1.52. The molecule has 0 aliphatic carbocycles. The van der Waals surface area contributed by atoms with Crippen LogP contribution in [0.15, 0.2) is 18.2 Å². The van der Waals surface area contributed by atoms with E-state index >= 15 is 0 Å². The second kappa shape index (κ2) is 8.00. The van der Waals surface area contributed by atoms with Crippen molar-refractivity contribution in [3.05, 3.63) is 23.8 Å². The summed E-state index contributed by atoms with van der Waals surface area (Å²) in [5, 5.41) is 3.02. The van der Waals surface area contributed by atoms with Crippen LogP contribution in [0, 0.1) is 0 Å². The quantitative estimate of drug-likeness (QED) is 0.360. The number of ether oxygens (including phenoxy) is 2. The van der Waals surface area contributed by atoms with Crippen molar-refractivity contribution in [1.82, 2.24) is 0 Å². The fraction of sp³-hybridized carbons (Fsp3) is 0.385. The van der Waals surface area contributed by atoms with Gasteiger partial charge in [-0.2, -0.15) is 0 Å². The first-order chi connectivity index (χ1) is 9.54. The first kappa shape index (κ1) is 15.8. The molecule has 0 spiro atoms. The summed E-state index contributed by atoms with van der Waals surface area (Å²) >= 11 is 0. The molecule has 0 fully saturated rings. The Balaban J connectivity index is 2.60. The summed E-state index contributed by atoms with van der Waals surface area (Å²) in [6.45, 7) is 2.59. The smallest absolute Gasteiger partial charge is 0.340 e. The van der Waals surface area contributed by atoms with Crippen molar-refractivity contribution in [2.75, 3.05) is 37.4 Å². The molecule has 1 aromatic carbocycles. The first-order valence-corrected chi connectivity index (χ1v) is 6.21. The van der Waals surface area contributed by atoms with Crippen LogP contribution < -0.4 is 16.8 Å². The van der Waals surface area contributed by atoms with Crippen molar-refractivity contribution in [3.8, 4) is 0 Å². The highest BCUT2D eigenvalue weighted by Crippen LogP contribution is 2.19. The van der Waals surface area contributed by atoms with Gasteiger partial charge in [-0.05, 0) is 25.1 Å². The molecule has 0 bridgehead atoms. The second-order valence-electron chi connectivity index (χ2n) is 3.97. The van der Waals surface area contributed by atoms with E-state index in [0.717, 1.165) is 0 Å². The Morgan fingerprint density at radius 3 is 2.75 bits per heavy atom. The van der Waals surface area contributed by atoms with E-state index in [0.29, 0.717) is 23.5 Å². The molecule has 7 nitrogen and oxygen atoms in total. The zero-order chi connectivity index (χ0) is 15.0. The number of benzene rings is 1. The van der Waals surface area contributed by atoms with E-state index in [2.05, 4.69) is 5.32 Å². The van der Waals surface area contributed by atoms with E-state index in [1.54, 1.807) is 25.1 Å². The molecule has 1 amide bonds. The molecule has 110 valence electrons. The molecule has 0 heterocycles. The highest BCUT2D eigenvalue weighted by atomic mass is 16.5. The van der Waals surface area contributed by atoms with Gasteiger partial charge in [0.05, 0.1) is 18.8 Å². The molecule has 0 aliphatic heterocycles. The lowest BCUT2D eigenvalue weighted by atomic mass is 10.1. The van der Waals surface area contributed by atoms with Gasteiger partial charge in [-0.1, -0.05) is 0 Å². The van der Waals surface area contributed by atoms with Crippen LogP contribution in [0.1, 0.15) is 17.3 Å². The van der Waals surface area contributed by atoms with Crippen molar-refractivity contribution >= 4 is 23.3 Å². The molecule has 0 aliphatic rings. The number of esters is 1. The van der Waals surface area contributed by atoms with Crippen LogP contribution in [0.3, 0.4) is 0 Å². The first-order valence-electron chi connectivity index (χ1n) is 6.21. The second-order valence-corrected chi connectivity index (χ2v) is 3.97. The third-order valence-corrected chi connectivity index (χ3v) is 2.35. The van der Waals surface area contributed by atoms with Crippen LogP contribution >= 0.6 is 0 Å². The summed E-state index contributed by atoms with van der Waals surface area (Å²) in [5.41, 5.74) is 12.0. The van der Waals surface area contributed by atoms with Crippen LogP contribution in [0.5, 0.6) is 0 Å². The van der Waals surface area contributed by atoms with Crippen LogP contribution in [-0.4, -0.2) is 38.2 Å². The van der Waals surface area contributed by atoms with E-state index in [1.807, 2.05) is 0 Å². The maximum Gasteiger partial charge on any atom is 0.340 e. The minimum Gasteiger partial charge on any atom is -0.462 e. The monoisotopic (exact) mass is 281 g/mol. The normalized spacial score (nSPS) is 10.1. The minimum absolute atomic E-state index is 0.131. The molecule has 0 radical (unpaired) electrons. The molecule has 0 saturated heterocycles. The number of nitrogens with one attached hydrogen (secondary N) is 1. The Morgan fingerprint density at radius 1 is 1.35 bits per heavy atom. The number of rotatable bonds is 8. The summed E-state index contributed by atoms with van der Waals surface area (Å²) in [7, 11) is 0. The third kappa shape index (κ3) is 5.15. The van der Waals surface area contributed by atoms with Crippen LogP contribution in [-0.2, 0) is 14.3 Å². The van der Waals surface area contributed by atoms with Crippen LogP contribution in [0.25, 0.3) is 0 Å². The maximum atomic E-state index is 11.8. The third-order valence-electron chi connectivity index (χ3n) is 2.35. The van der Waals surface area contributed by atoms with Crippen LogP contribution in [0.2, 0.25) is 0 Å². The number of primary amides is 1. The minimum atomic E-state index is -0.523. The van der Waals surface area contributed by atoms with E-state index < -0.39 is 11.9 Å². The Kier molecular flexibility index (Phi) is 6.31. The van der Waals surface area contributed by atoms with Gasteiger partial charge in [0, 0.05) is 17.9 Å². The van der Waals surface area contributed by atoms with Crippen molar-refractivity contribution in [1.29, 1.82) is 0 Å². The van der Waals surface area contributed by atoms with E-state index in [9.17, 15) is 9.59 Å². The standard InChI is InChI=1S/C13H19N3O4/c1-2-20-13(18)10-7-9(14)3-4-11(10)16-5-6-19-8-12(15)17/h3-4,7,16H,2,5-6,8,14H2,1H3,(H2,15,17). The van der Waals surface area contributed by atoms with Crippen molar-refractivity contribution in [3.63, 3.8) is 0 Å². The van der Waals surface area contributed by atoms with Gasteiger partial charge >= 0.3 is 5.97 Å². The number of nitrogens with two attached hydrogens (primary N) is 2. The number of hydrogen-bond donors (Lipinski definition) is 3. The number of anilines is 2. The number of nitrogen functional groups attached to an aromatic ring is 1. The predicted molar refractivity (Wildman–Crippen MR) is 75.3 cm³/mol. The largest absolute Gasteiger partial charge is 0.462 e. The van der Waals surface area contributed by atoms with E-state index in [4.69, 9.17) is 20.9 Å². The molecule has 7 heteroatoms. The topological polar surface area (TPSA) is 117 Å². The van der Waals surface area contributed by atoms with Gasteiger partial charge in [0.25, 0.3) is 0 Å². The average Bonchev–Trinajstić information content (AvgIpc) is 2.39. The Hall–Kier alpha value is -2.28. The van der Waals surface area contributed by atoms with Crippen LogP contribution in [0.4, 0.5) is 11.4 Å². The van der Waals surface area contributed by atoms with Gasteiger partial charge < -0.3 is 26.3 Å². The molecule has 0 aromatic heterocycles. The molecule has 5 N–H and O–H groups in total. The van der Waals surface area contributed by atoms with Crippen molar-refractivity contribution in [2.24, 2.45) is 5.73 Å².